The molecule has 2 atom stereocenters. The molecule has 1 saturated heterocycles. The van der Waals surface area contributed by atoms with E-state index in [9.17, 15) is 4.79 Å². The van der Waals surface area contributed by atoms with Crippen molar-refractivity contribution in [3.8, 4) is 0 Å². The number of carbonyl (C=O) groups is 1. The lowest BCUT2D eigenvalue weighted by molar-refractivity contribution is 0.101. The molecule has 2 N–H and O–H groups in total. The van der Waals surface area contributed by atoms with E-state index < -0.39 is 0 Å². The molecule has 2 aliphatic rings. The van der Waals surface area contributed by atoms with Crippen molar-refractivity contribution in [1.82, 2.24) is 0 Å². The summed E-state index contributed by atoms with van der Waals surface area (Å²) >= 11 is 0. The number of nitrogens with two attached hydrogens (primary N) is 1. The summed E-state index contributed by atoms with van der Waals surface area (Å²) in [6.07, 6.45) is 6.88. The number of rotatable bonds is 2. The van der Waals surface area contributed by atoms with Gasteiger partial charge in [0.2, 0.25) is 0 Å². The Morgan fingerprint density at radius 3 is 2.70 bits per heavy atom. The van der Waals surface area contributed by atoms with Gasteiger partial charge in [-0.05, 0) is 49.8 Å². The Labute approximate surface area is 121 Å². The monoisotopic (exact) mass is 272 g/mol. The second-order valence-electron chi connectivity index (χ2n) is 6.37. The number of hydrogen-bond acceptors (Lipinski definition) is 3. The molecule has 108 valence electrons. The first-order valence-electron chi connectivity index (χ1n) is 7.80. The van der Waals surface area contributed by atoms with E-state index in [4.69, 9.17) is 5.73 Å². The Bertz CT molecular complexity index is 512. The standard InChI is InChI=1S/C17H24N2O/c1-12(20)16-10-15(6-7-17(16)18)19-9-8-13-4-2-3-5-14(13)11-19/h6-7,10,13-14H,2-5,8-9,11,18H2,1H3. The molecular formula is C17H24N2O. The van der Waals surface area contributed by atoms with Crippen LogP contribution >= 0.6 is 0 Å². The van der Waals surface area contributed by atoms with Crippen LogP contribution in [0.4, 0.5) is 11.4 Å². The second kappa shape index (κ2) is 5.47. The number of nitrogen functional groups attached to an aromatic ring is 1. The third-order valence-electron chi connectivity index (χ3n) is 5.07. The minimum Gasteiger partial charge on any atom is -0.398 e. The summed E-state index contributed by atoms with van der Waals surface area (Å²) in [5.74, 6) is 1.83. The number of fused-ring (bicyclic) bond motifs is 1. The Kier molecular flexibility index (Phi) is 3.68. The molecule has 1 saturated carbocycles. The maximum atomic E-state index is 11.6. The molecule has 3 nitrogen and oxygen atoms in total. The normalized spacial score (nSPS) is 26.1. The molecule has 0 aromatic heterocycles. The number of anilines is 2. The van der Waals surface area contributed by atoms with Gasteiger partial charge < -0.3 is 10.6 Å². The molecule has 3 heteroatoms. The largest absolute Gasteiger partial charge is 0.398 e. The SMILES string of the molecule is CC(=O)c1cc(N2CCC3CCCCC3C2)ccc1N. The molecule has 3 rings (SSSR count). The first-order valence-corrected chi connectivity index (χ1v) is 7.80. The van der Waals surface area contributed by atoms with E-state index in [1.54, 1.807) is 6.92 Å². The average molecular weight is 272 g/mol. The molecule has 1 aliphatic heterocycles. The van der Waals surface area contributed by atoms with E-state index in [1.165, 1.54) is 32.1 Å². The Balaban J connectivity index is 1.79. The van der Waals surface area contributed by atoms with E-state index in [1.807, 2.05) is 12.1 Å². The van der Waals surface area contributed by atoms with Crippen molar-refractivity contribution < 1.29 is 4.79 Å². The maximum absolute atomic E-state index is 11.6. The first kappa shape index (κ1) is 13.5. The Morgan fingerprint density at radius 1 is 1.20 bits per heavy atom. The molecule has 0 radical (unpaired) electrons. The molecule has 2 unspecified atom stereocenters. The van der Waals surface area contributed by atoms with Crippen LogP contribution in [-0.4, -0.2) is 18.9 Å². The molecule has 1 heterocycles. The van der Waals surface area contributed by atoms with Gasteiger partial charge in [0.1, 0.15) is 0 Å². The van der Waals surface area contributed by atoms with Crippen LogP contribution in [0.1, 0.15) is 49.4 Å². The van der Waals surface area contributed by atoms with Gasteiger partial charge in [0, 0.05) is 30.0 Å². The van der Waals surface area contributed by atoms with Crippen LogP contribution in [0, 0.1) is 11.8 Å². The van der Waals surface area contributed by atoms with E-state index in [2.05, 4.69) is 11.0 Å². The predicted molar refractivity (Wildman–Crippen MR) is 83.1 cm³/mol. The van der Waals surface area contributed by atoms with Crippen LogP contribution in [0.2, 0.25) is 0 Å². The van der Waals surface area contributed by atoms with Crippen LogP contribution in [0.5, 0.6) is 0 Å². The molecule has 0 bridgehead atoms. The van der Waals surface area contributed by atoms with E-state index in [-0.39, 0.29) is 5.78 Å². The highest BCUT2D eigenvalue weighted by Crippen LogP contribution is 2.37. The maximum Gasteiger partial charge on any atom is 0.161 e. The highest BCUT2D eigenvalue weighted by atomic mass is 16.1. The van der Waals surface area contributed by atoms with Crippen molar-refractivity contribution in [2.45, 2.75) is 39.0 Å². The average Bonchev–Trinajstić information content (AvgIpc) is 2.47. The van der Waals surface area contributed by atoms with Crippen molar-refractivity contribution in [1.29, 1.82) is 0 Å². The van der Waals surface area contributed by atoms with E-state index in [0.29, 0.717) is 11.3 Å². The van der Waals surface area contributed by atoms with Gasteiger partial charge in [0.05, 0.1) is 0 Å². The van der Waals surface area contributed by atoms with Gasteiger partial charge in [-0.2, -0.15) is 0 Å². The zero-order chi connectivity index (χ0) is 14.1. The molecule has 0 spiro atoms. The van der Waals surface area contributed by atoms with Gasteiger partial charge in [-0.15, -0.1) is 0 Å². The molecule has 1 aromatic carbocycles. The number of piperidine rings is 1. The summed E-state index contributed by atoms with van der Waals surface area (Å²) < 4.78 is 0. The molecule has 20 heavy (non-hydrogen) atoms. The summed E-state index contributed by atoms with van der Waals surface area (Å²) in [4.78, 5) is 14.1. The van der Waals surface area contributed by atoms with Crippen LogP contribution in [0.25, 0.3) is 0 Å². The van der Waals surface area contributed by atoms with Crippen molar-refractivity contribution >= 4 is 17.2 Å². The molecule has 0 amide bonds. The fraction of sp³-hybridized carbons (Fsp3) is 0.588. The topological polar surface area (TPSA) is 46.3 Å². The molecule has 1 aliphatic carbocycles. The van der Waals surface area contributed by atoms with Crippen LogP contribution in [0.3, 0.4) is 0 Å². The van der Waals surface area contributed by atoms with Crippen molar-refractivity contribution in [3.05, 3.63) is 23.8 Å². The number of carbonyl (C=O) groups excluding carboxylic acids is 1. The van der Waals surface area contributed by atoms with Crippen molar-refractivity contribution in [2.24, 2.45) is 11.8 Å². The summed E-state index contributed by atoms with van der Waals surface area (Å²) in [5.41, 5.74) is 8.30. The minimum atomic E-state index is 0.0527. The van der Waals surface area contributed by atoms with Crippen LogP contribution in [-0.2, 0) is 0 Å². The highest BCUT2D eigenvalue weighted by Gasteiger charge is 2.31. The quantitative estimate of drug-likeness (QED) is 0.662. The van der Waals surface area contributed by atoms with Crippen LogP contribution in [0.15, 0.2) is 18.2 Å². The first-order chi connectivity index (χ1) is 9.65. The second-order valence-corrected chi connectivity index (χ2v) is 6.37. The van der Waals surface area contributed by atoms with Gasteiger partial charge in [-0.1, -0.05) is 19.3 Å². The van der Waals surface area contributed by atoms with E-state index in [0.717, 1.165) is 30.6 Å². The van der Waals surface area contributed by atoms with Gasteiger partial charge in [0.25, 0.3) is 0 Å². The predicted octanol–water partition coefficient (Wildman–Crippen LogP) is 3.49. The zero-order valence-corrected chi connectivity index (χ0v) is 12.3. The van der Waals surface area contributed by atoms with Gasteiger partial charge >= 0.3 is 0 Å². The number of ketones is 1. The lowest BCUT2D eigenvalue weighted by Gasteiger charge is -2.42. The Morgan fingerprint density at radius 2 is 1.95 bits per heavy atom. The minimum absolute atomic E-state index is 0.0527. The fourth-order valence-electron chi connectivity index (χ4n) is 3.88. The third kappa shape index (κ3) is 2.54. The van der Waals surface area contributed by atoms with Gasteiger partial charge in [-0.25, -0.2) is 0 Å². The molecule has 2 fully saturated rings. The number of nitrogens with zero attached hydrogens (tertiary/aromatic N) is 1. The van der Waals surface area contributed by atoms with Gasteiger partial charge in [0.15, 0.2) is 5.78 Å². The highest BCUT2D eigenvalue weighted by molar-refractivity contribution is 6.00. The smallest absolute Gasteiger partial charge is 0.161 e. The summed E-state index contributed by atoms with van der Waals surface area (Å²) in [6, 6.07) is 5.91. The Hall–Kier alpha value is -1.51. The number of hydrogen-bond donors (Lipinski definition) is 1. The van der Waals surface area contributed by atoms with E-state index >= 15 is 0 Å². The van der Waals surface area contributed by atoms with Crippen molar-refractivity contribution in [2.75, 3.05) is 23.7 Å². The molecular weight excluding hydrogens is 248 g/mol. The van der Waals surface area contributed by atoms with Crippen LogP contribution < -0.4 is 10.6 Å². The summed E-state index contributed by atoms with van der Waals surface area (Å²) in [6.45, 7) is 3.84. The summed E-state index contributed by atoms with van der Waals surface area (Å²) in [7, 11) is 0. The number of benzene rings is 1. The summed E-state index contributed by atoms with van der Waals surface area (Å²) in [5, 5.41) is 0. The number of Topliss-reactive ketones (excluding diaryl/α,β-unsaturated/α-hetero) is 1. The lowest BCUT2D eigenvalue weighted by atomic mass is 9.75. The van der Waals surface area contributed by atoms with Gasteiger partial charge in [-0.3, -0.25) is 4.79 Å². The zero-order valence-electron chi connectivity index (χ0n) is 12.3. The molecule has 1 aromatic rings. The fourth-order valence-corrected chi connectivity index (χ4v) is 3.88. The third-order valence-corrected chi connectivity index (χ3v) is 5.07. The lowest BCUT2D eigenvalue weighted by Crippen LogP contribution is -2.41. The van der Waals surface area contributed by atoms with Crippen molar-refractivity contribution in [3.63, 3.8) is 0 Å².